The van der Waals surface area contributed by atoms with Gasteiger partial charge in [0.1, 0.15) is 0 Å². The van der Waals surface area contributed by atoms with Gasteiger partial charge in [-0.15, -0.1) is 0 Å². The molecule has 0 amide bonds. The minimum absolute atomic E-state index is 0.687. The molecule has 0 unspecified atom stereocenters. The van der Waals surface area contributed by atoms with E-state index >= 15 is 0 Å². The van der Waals surface area contributed by atoms with Crippen molar-refractivity contribution in [1.82, 2.24) is 0 Å². The van der Waals surface area contributed by atoms with Crippen molar-refractivity contribution >= 4 is 0 Å². The third-order valence-electron chi connectivity index (χ3n) is 2.57. The Morgan fingerprint density at radius 3 is 2.00 bits per heavy atom. The lowest BCUT2D eigenvalue weighted by molar-refractivity contribution is 0.139. The summed E-state index contributed by atoms with van der Waals surface area (Å²) in [6.45, 7) is 1.38. The van der Waals surface area contributed by atoms with E-state index in [9.17, 15) is 0 Å². The predicted molar refractivity (Wildman–Crippen MR) is 70.5 cm³/mol. The van der Waals surface area contributed by atoms with E-state index in [2.05, 4.69) is 42.8 Å². The van der Waals surface area contributed by atoms with Crippen LogP contribution < -0.4 is 0 Å². The van der Waals surface area contributed by atoms with E-state index in [-0.39, 0.29) is 0 Å². The van der Waals surface area contributed by atoms with E-state index in [0.29, 0.717) is 13.2 Å². The minimum atomic E-state index is 0.687. The first-order valence-electron chi connectivity index (χ1n) is 5.92. The fraction of sp³-hybridized carbons (Fsp3) is 0.188. The zero-order valence-electron chi connectivity index (χ0n) is 9.88. The Balaban J connectivity index is 1.61. The Labute approximate surface area is 103 Å². The van der Waals surface area contributed by atoms with Crippen molar-refractivity contribution in [2.45, 2.75) is 13.0 Å². The molecule has 1 heteroatoms. The maximum atomic E-state index is 5.59. The molecule has 1 nitrogen and oxygen atoms in total. The Kier molecular flexibility index (Phi) is 4.80. The molecule has 2 rings (SSSR count). The van der Waals surface area contributed by atoms with Gasteiger partial charge < -0.3 is 4.74 Å². The molecule has 0 aromatic heterocycles. The van der Waals surface area contributed by atoms with Gasteiger partial charge in [0.05, 0.1) is 13.2 Å². The van der Waals surface area contributed by atoms with Crippen LogP contribution in [-0.2, 0) is 17.8 Å². The van der Waals surface area contributed by atoms with E-state index in [4.69, 9.17) is 4.74 Å². The average Bonchev–Trinajstić information content (AvgIpc) is 2.41. The molecular formula is C16H17O. The summed E-state index contributed by atoms with van der Waals surface area (Å²) in [4.78, 5) is 0. The normalized spacial score (nSPS) is 10.4. The van der Waals surface area contributed by atoms with E-state index in [1.54, 1.807) is 0 Å². The first-order chi connectivity index (χ1) is 8.45. The first kappa shape index (κ1) is 11.9. The largest absolute Gasteiger partial charge is 0.376 e. The number of hydrogen-bond acceptors (Lipinski definition) is 1. The van der Waals surface area contributed by atoms with Crippen LogP contribution in [0.1, 0.15) is 11.1 Å². The van der Waals surface area contributed by atoms with Crippen molar-refractivity contribution in [3.8, 4) is 0 Å². The molecule has 0 fully saturated rings. The minimum Gasteiger partial charge on any atom is -0.376 e. The molecule has 0 N–H and O–H groups in total. The average molecular weight is 225 g/mol. The van der Waals surface area contributed by atoms with Crippen molar-refractivity contribution in [3.63, 3.8) is 0 Å². The molecule has 0 aliphatic rings. The van der Waals surface area contributed by atoms with E-state index < -0.39 is 0 Å². The fourth-order valence-electron chi connectivity index (χ4n) is 1.67. The third kappa shape index (κ3) is 4.41. The van der Waals surface area contributed by atoms with Crippen LogP contribution in [0, 0.1) is 6.42 Å². The number of hydrogen-bond donors (Lipinski definition) is 0. The fourth-order valence-corrected chi connectivity index (χ4v) is 1.67. The molecule has 0 aliphatic heterocycles. The van der Waals surface area contributed by atoms with E-state index in [1.165, 1.54) is 11.1 Å². The summed E-state index contributed by atoms with van der Waals surface area (Å²) < 4.78 is 5.59. The van der Waals surface area contributed by atoms with Crippen LogP contribution in [0.5, 0.6) is 0 Å². The molecule has 0 aliphatic carbocycles. The second-order valence-corrected chi connectivity index (χ2v) is 3.98. The SMILES string of the molecule is [CH](COCc1ccccc1)Cc1ccccc1. The smallest absolute Gasteiger partial charge is 0.0717 e. The van der Waals surface area contributed by atoms with Crippen LogP contribution in [0.2, 0.25) is 0 Å². The van der Waals surface area contributed by atoms with Crippen LogP contribution in [0.25, 0.3) is 0 Å². The zero-order chi connectivity index (χ0) is 11.8. The maximum absolute atomic E-state index is 5.59. The Morgan fingerprint density at radius 1 is 0.765 bits per heavy atom. The van der Waals surface area contributed by atoms with Gasteiger partial charge in [0, 0.05) is 0 Å². The van der Waals surface area contributed by atoms with Crippen molar-refractivity contribution in [1.29, 1.82) is 0 Å². The summed E-state index contributed by atoms with van der Waals surface area (Å²) in [7, 11) is 0. The quantitative estimate of drug-likeness (QED) is 0.682. The lowest BCUT2D eigenvalue weighted by Crippen LogP contribution is -1.98. The summed E-state index contributed by atoms with van der Waals surface area (Å²) in [6, 6.07) is 20.7. The van der Waals surface area contributed by atoms with E-state index in [0.717, 1.165) is 6.42 Å². The van der Waals surface area contributed by atoms with Crippen molar-refractivity contribution in [2.75, 3.05) is 6.61 Å². The van der Waals surface area contributed by atoms with Crippen molar-refractivity contribution < 1.29 is 4.74 Å². The number of rotatable bonds is 6. The molecule has 0 bridgehead atoms. The summed E-state index contributed by atoms with van der Waals surface area (Å²) in [5, 5.41) is 0. The summed E-state index contributed by atoms with van der Waals surface area (Å²) >= 11 is 0. The molecule has 0 spiro atoms. The molecular weight excluding hydrogens is 208 g/mol. The number of benzene rings is 2. The highest BCUT2D eigenvalue weighted by Gasteiger charge is 1.94. The predicted octanol–water partition coefficient (Wildman–Crippen LogP) is 3.65. The Morgan fingerprint density at radius 2 is 1.35 bits per heavy atom. The summed E-state index contributed by atoms with van der Waals surface area (Å²) in [6.07, 6.45) is 3.13. The van der Waals surface area contributed by atoms with Gasteiger partial charge in [-0.25, -0.2) is 0 Å². The van der Waals surface area contributed by atoms with Gasteiger partial charge in [-0.05, 0) is 24.0 Å². The molecule has 0 atom stereocenters. The highest BCUT2D eigenvalue weighted by atomic mass is 16.5. The van der Waals surface area contributed by atoms with Crippen LogP contribution >= 0.6 is 0 Å². The Bertz CT molecular complexity index is 367. The molecule has 2 aromatic carbocycles. The highest BCUT2D eigenvalue weighted by molar-refractivity contribution is 5.16. The van der Waals surface area contributed by atoms with Crippen LogP contribution in [0.15, 0.2) is 60.7 Å². The van der Waals surface area contributed by atoms with Gasteiger partial charge in [-0.1, -0.05) is 60.7 Å². The topological polar surface area (TPSA) is 9.23 Å². The molecule has 0 heterocycles. The molecule has 1 radical (unpaired) electrons. The lowest BCUT2D eigenvalue weighted by atomic mass is 10.1. The second-order valence-electron chi connectivity index (χ2n) is 3.98. The van der Waals surface area contributed by atoms with Crippen molar-refractivity contribution in [3.05, 3.63) is 78.2 Å². The van der Waals surface area contributed by atoms with Gasteiger partial charge >= 0.3 is 0 Å². The summed E-state index contributed by atoms with van der Waals surface area (Å²) in [5.41, 5.74) is 2.55. The van der Waals surface area contributed by atoms with Gasteiger partial charge in [-0.2, -0.15) is 0 Å². The maximum Gasteiger partial charge on any atom is 0.0717 e. The highest BCUT2D eigenvalue weighted by Crippen LogP contribution is 2.04. The first-order valence-corrected chi connectivity index (χ1v) is 5.92. The van der Waals surface area contributed by atoms with E-state index in [1.807, 2.05) is 24.3 Å². The lowest BCUT2D eigenvalue weighted by Gasteiger charge is -2.04. The monoisotopic (exact) mass is 225 g/mol. The van der Waals surface area contributed by atoms with Crippen LogP contribution in [0.3, 0.4) is 0 Å². The van der Waals surface area contributed by atoms with Crippen molar-refractivity contribution in [2.24, 2.45) is 0 Å². The van der Waals surface area contributed by atoms with Gasteiger partial charge in [0.15, 0.2) is 0 Å². The standard InChI is InChI=1S/C16H17O/c1-3-8-15(9-4-1)12-7-13-17-14-16-10-5-2-6-11-16/h1-11H,12-14H2. The Hall–Kier alpha value is -1.60. The number of ether oxygens (including phenoxy) is 1. The molecule has 0 saturated heterocycles. The molecule has 2 aromatic rings. The van der Waals surface area contributed by atoms with Gasteiger partial charge in [0.25, 0.3) is 0 Å². The van der Waals surface area contributed by atoms with Crippen LogP contribution in [-0.4, -0.2) is 6.61 Å². The molecule has 17 heavy (non-hydrogen) atoms. The third-order valence-corrected chi connectivity index (χ3v) is 2.57. The molecule has 87 valence electrons. The molecule has 0 saturated carbocycles. The van der Waals surface area contributed by atoms with Gasteiger partial charge in [-0.3, -0.25) is 0 Å². The zero-order valence-corrected chi connectivity index (χ0v) is 9.88. The summed E-state index contributed by atoms with van der Waals surface area (Å²) in [5.74, 6) is 0. The van der Waals surface area contributed by atoms with Crippen LogP contribution in [0.4, 0.5) is 0 Å². The second kappa shape index (κ2) is 6.87. The van der Waals surface area contributed by atoms with Gasteiger partial charge in [0.2, 0.25) is 0 Å².